The molecule has 3 aromatic rings. The van der Waals surface area contributed by atoms with Crippen LogP contribution in [0.15, 0.2) is 53.1 Å². The molecule has 2 aromatic carbocycles. The van der Waals surface area contributed by atoms with Gasteiger partial charge in [0, 0.05) is 29.3 Å². The highest BCUT2D eigenvalue weighted by atomic mass is 79.9. The van der Waals surface area contributed by atoms with E-state index in [9.17, 15) is 4.79 Å². The summed E-state index contributed by atoms with van der Waals surface area (Å²) in [5.41, 5.74) is 3.79. The van der Waals surface area contributed by atoms with Gasteiger partial charge >= 0.3 is 0 Å². The SMILES string of the molecule is COc1ccc(OC)c(CCNc2nccc(-c3ccc(CNC=O)cc3Br)n2)c1. The van der Waals surface area contributed by atoms with Crippen molar-refractivity contribution in [2.24, 2.45) is 0 Å². The number of hydrogen-bond acceptors (Lipinski definition) is 6. The Hall–Kier alpha value is -3.13. The number of rotatable bonds is 10. The molecule has 0 unspecified atom stereocenters. The second kappa shape index (κ2) is 10.6. The lowest BCUT2D eigenvalue weighted by Crippen LogP contribution is -2.10. The second-order valence-electron chi connectivity index (χ2n) is 6.43. The van der Waals surface area contributed by atoms with Crippen molar-refractivity contribution in [1.82, 2.24) is 15.3 Å². The van der Waals surface area contributed by atoms with E-state index in [0.29, 0.717) is 25.4 Å². The number of halogens is 1. The van der Waals surface area contributed by atoms with Crippen LogP contribution in [0.25, 0.3) is 11.3 Å². The first kappa shape index (κ1) is 21.6. The van der Waals surface area contributed by atoms with Crippen molar-refractivity contribution < 1.29 is 14.3 Å². The number of amides is 1. The van der Waals surface area contributed by atoms with Crippen LogP contribution in [0.5, 0.6) is 11.5 Å². The number of nitrogens with one attached hydrogen (secondary N) is 2. The normalized spacial score (nSPS) is 10.4. The molecular weight excluding hydrogens is 448 g/mol. The minimum atomic E-state index is 0.479. The number of hydrogen-bond donors (Lipinski definition) is 2. The molecule has 30 heavy (non-hydrogen) atoms. The summed E-state index contributed by atoms with van der Waals surface area (Å²) in [6, 6.07) is 13.5. The molecule has 0 bridgehead atoms. The van der Waals surface area contributed by atoms with E-state index < -0.39 is 0 Å². The van der Waals surface area contributed by atoms with Crippen LogP contribution in [0.1, 0.15) is 11.1 Å². The lowest BCUT2D eigenvalue weighted by atomic mass is 10.1. The Morgan fingerprint density at radius 1 is 1.10 bits per heavy atom. The standard InChI is InChI=1S/C22H23BrN4O3/c1-29-17-4-6-21(30-2)16(12-17)7-9-25-22-26-10-8-20(27-22)18-5-3-15(11-19(18)23)13-24-14-28/h3-6,8,10-12,14H,7,9,13H2,1-2H3,(H,24,28)(H,25,26,27). The van der Waals surface area contributed by atoms with Crippen molar-refractivity contribution >= 4 is 28.3 Å². The molecule has 0 aliphatic carbocycles. The van der Waals surface area contributed by atoms with Crippen molar-refractivity contribution in [2.45, 2.75) is 13.0 Å². The largest absolute Gasteiger partial charge is 0.497 e. The van der Waals surface area contributed by atoms with Gasteiger partial charge < -0.3 is 20.1 Å². The number of benzene rings is 2. The molecule has 3 rings (SSSR count). The summed E-state index contributed by atoms with van der Waals surface area (Å²) in [5.74, 6) is 2.16. The molecular formula is C22H23BrN4O3. The Bertz CT molecular complexity index is 1010. The monoisotopic (exact) mass is 470 g/mol. The zero-order valence-corrected chi connectivity index (χ0v) is 18.4. The highest BCUT2D eigenvalue weighted by molar-refractivity contribution is 9.10. The van der Waals surface area contributed by atoms with Gasteiger partial charge in [0.15, 0.2) is 0 Å². The molecule has 7 nitrogen and oxygen atoms in total. The average Bonchev–Trinajstić information content (AvgIpc) is 2.77. The first-order valence-corrected chi connectivity index (χ1v) is 10.2. The Balaban J connectivity index is 1.69. The lowest BCUT2D eigenvalue weighted by Gasteiger charge is -2.12. The van der Waals surface area contributed by atoms with Gasteiger partial charge in [0.2, 0.25) is 12.4 Å². The summed E-state index contributed by atoms with van der Waals surface area (Å²) in [6.07, 6.45) is 3.15. The van der Waals surface area contributed by atoms with Gasteiger partial charge in [0.05, 0.1) is 19.9 Å². The van der Waals surface area contributed by atoms with Crippen LogP contribution in [0.3, 0.4) is 0 Å². The molecule has 0 atom stereocenters. The average molecular weight is 471 g/mol. The summed E-state index contributed by atoms with van der Waals surface area (Å²) in [6.45, 7) is 1.12. The molecule has 0 aliphatic heterocycles. The van der Waals surface area contributed by atoms with Gasteiger partial charge in [-0.2, -0.15) is 0 Å². The van der Waals surface area contributed by atoms with Crippen LogP contribution in [-0.2, 0) is 17.8 Å². The molecule has 0 radical (unpaired) electrons. The third-order valence-electron chi connectivity index (χ3n) is 4.52. The van der Waals surface area contributed by atoms with Gasteiger partial charge in [-0.1, -0.05) is 28.1 Å². The fraction of sp³-hybridized carbons (Fsp3) is 0.227. The molecule has 0 saturated heterocycles. The highest BCUT2D eigenvalue weighted by Gasteiger charge is 2.09. The van der Waals surface area contributed by atoms with E-state index in [4.69, 9.17) is 9.47 Å². The number of carbonyl (C=O) groups is 1. The van der Waals surface area contributed by atoms with E-state index in [1.54, 1.807) is 20.4 Å². The van der Waals surface area contributed by atoms with Crippen molar-refractivity contribution in [3.8, 4) is 22.8 Å². The van der Waals surface area contributed by atoms with Crippen molar-refractivity contribution in [1.29, 1.82) is 0 Å². The summed E-state index contributed by atoms with van der Waals surface area (Å²) in [7, 11) is 3.30. The second-order valence-corrected chi connectivity index (χ2v) is 7.29. The molecule has 1 amide bonds. The van der Waals surface area contributed by atoms with Crippen LogP contribution in [0.4, 0.5) is 5.95 Å². The Labute approximate surface area is 184 Å². The number of aromatic nitrogens is 2. The van der Waals surface area contributed by atoms with E-state index in [1.807, 2.05) is 42.5 Å². The number of anilines is 1. The smallest absolute Gasteiger partial charge is 0.223 e. The molecule has 0 aliphatic rings. The van der Waals surface area contributed by atoms with Crippen LogP contribution in [0.2, 0.25) is 0 Å². The van der Waals surface area contributed by atoms with E-state index in [-0.39, 0.29) is 0 Å². The number of carbonyl (C=O) groups excluding carboxylic acids is 1. The van der Waals surface area contributed by atoms with Crippen molar-refractivity contribution in [3.63, 3.8) is 0 Å². The van der Waals surface area contributed by atoms with Gasteiger partial charge in [-0.05, 0) is 47.9 Å². The molecule has 0 spiro atoms. The van der Waals surface area contributed by atoms with Crippen molar-refractivity contribution in [3.05, 3.63) is 64.3 Å². The highest BCUT2D eigenvalue weighted by Crippen LogP contribution is 2.28. The van der Waals surface area contributed by atoms with Crippen LogP contribution < -0.4 is 20.1 Å². The topological polar surface area (TPSA) is 85.4 Å². The molecule has 0 saturated carbocycles. The van der Waals surface area contributed by atoms with E-state index in [1.165, 1.54) is 0 Å². The van der Waals surface area contributed by atoms with Crippen LogP contribution in [0, 0.1) is 0 Å². The molecule has 8 heteroatoms. The molecule has 0 fully saturated rings. The zero-order valence-electron chi connectivity index (χ0n) is 16.8. The van der Waals surface area contributed by atoms with E-state index >= 15 is 0 Å². The first-order valence-electron chi connectivity index (χ1n) is 9.38. The minimum Gasteiger partial charge on any atom is -0.497 e. The number of nitrogens with zero attached hydrogens (tertiary/aromatic N) is 2. The molecule has 156 valence electrons. The minimum absolute atomic E-state index is 0.479. The summed E-state index contributed by atoms with van der Waals surface area (Å²) in [5, 5.41) is 5.93. The van der Waals surface area contributed by atoms with Crippen LogP contribution >= 0.6 is 15.9 Å². The lowest BCUT2D eigenvalue weighted by molar-refractivity contribution is -0.109. The fourth-order valence-corrected chi connectivity index (χ4v) is 3.65. The third-order valence-corrected chi connectivity index (χ3v) is 5.18. The molecule has 1 aromatic heterocycles. The summed E-state index contributed by atoms with van der Waals surface area (Å²) >= 11 is 3.59. The third kappa shape index (κ3) is 5.48. The maximum atomic E-state index is 10.5. The molecule has 1 heterocycles. The van der Waals surface area contributed by atoms with Gasteiger partial charge in [0.25, 0.3) is 0 Å². The fourth-order valence-electron chi connectivity index (χ4n) is 3.02. The molecule has 2 N–H and O–H groups in total. The van der Waals surface area contributed by atoms with E-state index in [2.05, 4.69) is 36.5 Å². The summed E-state index contributed by atoms with van der Waals surface area (Å²) < 4.78 is 11.6. The Kier molecular flexibility index (Phi) is 7.62. The number of ether oxygens (including phenoxy) is 2. The van der Waals surface area contributed by atoms with Gasteiger partial charge in [-0.25, -0.2) is 9.97 Å². The van der Waals surface area contributed by atoms with Crippen molar-refractivity contribution in [2.75, 3.05) is 26.1 Å². The van der Waals surface area contributed by atoms with Gasteiger partial charge in [-0.3, -0.25) is 4.79 Å². The maximum Gasteiger partial charge on any atom is 0.223 e. The number of methoxy groups -OCH3 is 2. The predicted molar refractivity (Wildman–Crippen MR) is 120 cm³/mol. The van der Waals surface area contributed by atoms with Gasteiger partial charge in [0.1, 0.15) is 11.5 Å². The van der Waals surface area contributed by atoms with Crippen LogP contribution in [-0.4, -0.2) is 37.1 Å². The predicted octanol–water partition coefficient (Wildman–Crippen LogP) is 3.82. The Morgan fingerprint density at radius 3 is 2.70 bits per heavy atom. The quantitative estimate of drug-likeness (QED) is 0.438. The first-order chi connectivity index (χ1) is 14.6. The summed E-state index contributed by atoms with van der Waals surface area (Å²) in [4.78, 5) is 19.4. The van der Waals surface area contributed by atoms with Gasteiger partial charge in [-0.15, -0.1) is 0 Å². The maximum absolute atomic E-state index is 10.5. The zero-order chi connectivity index (χ0) is 21.3. The van der Waals surface area contributed by atoms with E-state index in [0.717, 1.165) is 44.8 Å². The Morgan fingerprint density at radius 2 is 1.97 bits per heavy atom.